The van der Waals surface area contributed by atoms with Gasteiger partial charge in [0.2, 0.25) is 5.91 Å². The van der Waals surface area contributed by atoms with Gasteiger partial charge >= 0.3 is 6.18 Å². The molecule has 2 N–H and O–H groups in total. The smallest absolute Gasteiger partial charge is 0.394 e. The third kappa shape index (κ3) is 4.21. The molecule has 19 heavy (non-hydrogen) atoms. The van der Waals surface area contributed by atoms with Crippen molar-refractivity contribution in [3.63, 3.8) is 0 Å². The van der Waals surface area contributed by atoms with Gasteiger partial charge in [-0.3, -0.25) is 4.79 Å². The lowest BCUT2D eigenvalue weighted by molar-refractivity contribution is -0.139. The van der Waals surface area contributed by atoms with E-state index < -0.39 is 30.3 Å². The highest BCUT2D eigenvalue weighted by atomic mass is 79.9. The van der Waals surface area contributed by atoms with E-state index in [1.165, 1.54) is 12.1 Å². The SMILES string of the molecule is CCC(=O)N[C@H](CO)c1ccc(Br)cc1C(F)(F)F. The highest BCUT2D eigenvalue weighted by Gasteiger charge is 2.35. The number of amides is 1. The van der Waals surface area contributed by atoms with E-state index in [1.807, 2.05) is 0 Å². The van der Waals surface area contributed by atoms with Gasteiger partial charge in [-0.05, 0) is 17.7 Å². The van der Waals surface area contributed by atoms with E-state index >= 15 is 0 Å². The van der Waals surface area contributed by atoms with Gasteiger partial charge in [0.05, 0.1) is 18.2 Å². The number of halogens is 4. The second-order valence-corrected chi connectivity index (χ2v) is 4.80. The van der Waals surface area contributed by atoms with E-state index in [4.69, 9.17) is 0 Å². The van der Waals surface area contributed by atoms with Crippen LogP contribution >= 0.6 is 15.9 Å². The molecule has 1 aromatic rings. The van der Waals surface area contributed by atoms with E-state index in [0.717, 1.165) is 6.07 Å². The van der Waals surface area contributed by atoms with Crippen molar-refractivity contribution in [1.29, 1.82) is 0 Å². The summed E-state index contributed by atoms with van der Waals surface area (Å²) in [6.45, 7) is 0.979. The van der Waals surface area contributed by atoms with E-state index in [0.29, 0.717) is 0 Å². The molecule has 0 aliphatic rings. The Labute approximate surface area is 116 Å². The van der Waals surface area contributed by atoms with Gasteiger partial charge in [0.25, 0.3) is 0 Å². The number of hydrogen-bond acceptors (Lipinski definition) is 2. The molecule has 106 valence electrons. The Morgan fingerprint density at radius 2 is 2.11 bits per heavy atom. The molecule has 0 saturated heterocycles. The number of aliphatic hydroxyl groups excluding tert-OH is 1. The van der Waals surface area contributed by atoms with Gasteiger partial charge in [0, 0.05) is 10.9 Å². The van der Waals surface area contributed by atoms with Crippen LogP contribution in [0.15, 0.2) is 22.7 Å². The molecule has 1 aromatic carbocycles. The maximum Gasteiger partial charge on any atom is 0.416 e. The number of carbonyl (C=O) groups excluding carboxylic acids is 1. The molecule has 7 heteroatoms. The Bertz CT molecular complexity index is 463. The number of aliphatic hydroxyl groups is 1. The maximum absolute atomic E-state index is 12.9. The lowest BCUT2D eigenvalue weighted by Gasteiger charge is -2.21. The van der Waals surface area contributed by atoms with E-state index in [9.17, 15) is 23.1 Å². The summed E-state index contributed by atoms with van der Waals surface area (Å²) < 4.78 is 39.1. The molecule has 0 aliphatic carbocycles. The first-order valence-electron chi connectivity index (χ1n) is 5.56. The molecule has 0 spiro atoms. The van der Waals surface area contributed by atoms with E-state index in [-0.39, 0.29) is 16.5 Å². The van der Waals surface area contributed by atoms with Crippen molar-refractivity contribution in [1.82, 2.24) is 5.32 Å². The Morgan fingerprint density at radius 3 is 2.58 bits per heavy atom. The fraction of sp³-hybridized carbons (Fsp3) is 0.417. The first-order chi connectivity index (χ1) is 8.79. The van der Waals surface area contributed by atoms with Crippen LogP contribution in [0.2, 0.25) is 0 Å². The summed E-state index contributed by atoms with van der Waals surface area (Å²) in [5.74, 6) is -0.421. The van der Waals surface area contributed by atoms with Crippen LogP contribution in [-0.4, -0.2) is 17.6 Å². The first kappa shape index (κ1) is 16.0. The lowest BCUT2D eigenvalue weighted by Crippen LogP contribution is -2.31. The van der Waals surface area contributed by atoms with Crippen LogP contribution in [0.1, 0.15) is 30.5 Å². The molecule has 0 radical (unpaired) electrons. The summed E-state index contributed by atoms with van der Waals surface area (Å²) in [4.78, 5) is 11.3. The normalized spacial score (nSPS) is 13.2. The molecule has 0 fully saturated rings. The molecule has 3 nitrogen and oxygen atoms in total. The Kier molecular flexibility index (Phi) is 5.37. The molecule has 0 unspecified atom stereocenters. The third-order valence-electron chi connectivity index (χ3n) is 2.54. The van der Waals surface area contributed by atoms with Gasteiger partial charge in [0.1, 0.15) is 0 Å². The average molecular weight is 340 g/mol. The number of nitrogens with one attached hydrogen (secondary N) is 1. The monoisotopic (exact) mass is 339 g/mol. The topological polar surface area (TPSA) is 49.3 Å². The molecule has 0 aliphatic heterocycles. The summed E-state index contributed by atoms with van der Waals surface area (Å²) in [5, 5.41) is 11.5. The Hall–Kier alpha value is -1.08. The molecule has 0 heterocycles. The van der Waals surface area contributed by atoms with Gasteiger partial charge in [0.15, 0.2) is 0 Å². The van der Waals surface area contributed by atoms with Gasteiger partial charge in [-0.15, -0.1) is 0 Å². The van der Waals surface area contributed by atoms with Gasteiger partial charge < -0.3 is 10.4 Å². The molecule has 0 saturated carbocycles. The summed E-state index contributed by atoms with van der Waals surface area (Å²) in [6, 6.07) is 2.53. The second kappa shape index (κ2) is 6.38. The molecule has 1 amide bonds. The number of hydrogen-bond donors (Lipinski definition) is 2. The quantitative estimate of drug-likeness (QED) is 0.885. The molecule has 1 rings (SSSR count). The van der Waals surface area contributed by atoms with Crippen molar-refractivity contribution in [2.45, 2.75) is 25.6 Å². The van der Waals surface area contributed by atoms with Crippen molar-refractivity contribution < 1.29 is 23.1 Å². The van der Waals surface area contributed by atoms with Crippen molar-refractivity contribution in [3.05, 3.63) is 33.8 Å². The highest BCUT2D eigenvalue weighted by Crippen LogP contribution is 2.36. The van der Waals surface area contributed by atoms with Crippen molar-refractivity contribution in [2.24, 2.45) is 0 Å². The third-order valence-corrected chi connectivity index (χ3v) is 3.03. The molecule has 0 bridgehead atoms. The maximum atomic E-state index is 12.9. The molecular weight excluding hydrogens is 327 g/mol. The predicted octanol–water partition coefficient (Wildman–Crippen LogP) is 3.03. The Morgan fingerprint density at radius 1 is 1.47 bits per heavy atom. The fourth-order valence-corrected chi connectivity index (χ4v) is 1.96. The average Bonchev–Trinajstić information content (AvgIpc) is 2.34. The minimum Gasteiger partial charge on any atom is -0.394 e. The zero-order valence-electron chi connectivity index (χ0n) is 10.1. The van der Waals surface area contributed by atoms with Crippen LogP contribution in [0.5, 0.6) is 0 Å². The predicted molar refractivity (Wildman–Crippen MR) is 67.4 cm³/mol. The minimum atomic E-state index is -4.55. The van der Waals surface area contributed by atoms with Crippen molar-refractivity contribution in [2.75, 3.05) is 6.61 Å². The Balaban J connectivity index is 3.20. The number of alkyl halides is 3. The molecule has 1 atom stereocenters. The summed E-state index contributed by atoms with van der Waals surface area (Å²) in [5.41, 5.74) is -1.03. The van der Waals surface area contributed by atoms with Gasteiger partial charge in [-0.2, -0.15) is 13.2 Å². The van der Waals surface area contributed by atoms with Crippen molar-refractivity contribution >= 4 is 21.8 Å². The number of carbonyl (C=O) groups is 1. The summed E-state index contributed by atoms with van der Waals surface area (Å²) >= 11 is 2.97. The molecular formula is C12H13BrF3NO2. The van der Waals surface area contributed by atoms with Crippen LogP contribution in [0, 0.1) is 0 Å². The molecule has 0 aromatic heterocycles. The fourth-order valence-electron chi connectivity index (χ4n) is 1.60. The van der Waals surface area contributed by atoms with Crippen LogP contribution in [0.3, 0.4) is 0 Å². The second-order valence-electron chi connectivity index (χ2n) is 3.89. The van der Waals surface area contributed by atoms with Crippen LogP contribution in [0.25, 0.3) is 0 Å². The lowest BCUT2D eigenvalue weighted by atomic mass is 10.00. The van der Waals surface area contributed by atoms with Crippen molar-refractivity contribution in [3.8, 4) is 0 Å². The van der Waals surface area contributed by atoms with Crippen LogP contribution in [0.4, 0.5) is 13.2 Å². The van der Waals surface area contributed by atoms with Gasteiger partial charge in [-0.1, -0.05) is 28.9 Å². The summed E-state index contributed by atoms with van der Waals surface area (Å²) in [7, 11) is 0. The van der Waals surface area contributed by atoms with Crippen LogP contribution < -0.4 is 5.32 Å². The largest absolute Gasteiger partial charge is 0.416 e. The summed E-state index contributed by atoms with van der Waals surface area (Å²) in [6.07, 6.45) is -4.42. The van der Waals surface area contributed by atoms with Gasteiger partial charge in [-0.25, -0.2) is 0 Å². The van der Waals surface area contributed by atoms with Crippen LogP contribution in [-0.2, 0) is 11.0 Å². The van der Waals surface area contributed by atoms with E-state index in [2.05, 4.69) is 21.2 Å². The first-order valence-corrected chi connectivity index (χ1v) is 6.35. The zero-order valence-corrected chi connectivity index (χ0v) is 11.7. The number of benzene rings is 1. The standard InChI is InChI=1S/C12H13BrF3NO2/c1-2-11(19)17-10(6-18)8-4-3-7(13)5-9(8)12(14,15)16/h3-5,10,18H,2,6H2,1H3,(H,17,19)/t10-/m1/s1. The number of rotatable bonds is 4. The minimum absolute atomic E-state index is 0.133. The zero-order chi connectivity index (χ0) is 14.6. The highest BCUT2D eigenvalue weighted by molar-refractivity contribution is 9.10. The van der Waals surface area contributed by atoms with E-state index in [1.54, 1.807) is 6.92 Å².